The first-order valence-corrected chi connectivity index (χ1v) is 7.34. The summed E-state index contributed by atoms with van der Waals surface area (Å²) in [5, 5.41) is 4.73. The predicted molar refractivity (Wildman–Crippen MR) is 94.5 cm³/mol. The van der Waals surface area contributed by atoms with Crippen LogP contribution in [0, 0.1) is 0 Å². The van der Waals surface area contributed by atoms with Crippen molar-refractivity contribution in [3.63, 3.8) is 0 Å². The Labute approximate surface area is 157 Å². The van der Waals surface area contributed by atoms with Crippen molar-refractivity contribution in [1.29, 1.82) is 0 Å². The summed E-state index contributed by atoms with van der Waals surface area (Å²) >= 11 is 0. The van der Waals surface area contributed by atoms with Crippen molar-refractivity contribution in [3.05, 3.63) is 90.4 Å². The fraction of sp³-hybridized carbons (Fsp3) is 0. The third-order valence-electron chi connectivity index (χ3n) is 3.85. The largest absolute Gasteiger partial charge is 1.00 e. The first-order valence-electron chi connectivity index (χ1n) is 7.34. The fourth-order valence-electron chi connectivity index (χ4n) is 2.75. The number of hydrogen-bond acceptors (Lipinski definition) is 1. The zero-order chi connectivity index (χ0) is 14.8. The summed E-state index contributed by atoms with van der Waals surface area (Å²) in [7, 11) is 0. The number of anilines is 1. The van der Waals surface area contributed by atoms with Gasteiger partial charge in [0.1, 0.15) is 0 Å². The van der Waals surface area contributed by atoms with Crippen LogP contribution in [0.5, 0.6) is 0 Å². The molecule has 0 fully saturated rings. The summed E-state index contributed by atoms with van der Waals surface area (Å²) in [6.07, 6.45) is 0. The third-order valence-corrected chi connectivity index (χ3v) is 3.85. The second-order valence-electron chi connectivity index (χ2n) is 5.25. The van der Waals surface area contributed by atoms with Gasteiger partial charge in [-0.15, -0.1) is 5.69 Å². The smallest absolute Gasteiger partial charge is 0.597 e. The van der Waals surface area contributed by atoms with Gasteiger partial charge >= 0.3 is 29.6 Å². The molecule has 23 heavy (non-hydrogen) atoms. The van der Waals surface area contributed by atoms with Crippen molar-refractivity contribution >= 4 is 32.9 Å². The second kappa shape index (κ2) is 7.05. The van der Waals surface area contributed by atoms with Crippen LogP contribution in [0.15, 0.2) is 84.9 Å². The third kappa shape index (κ3) is 3.20. The molecule has 4 aromatic carbocycles. The Balaban J connectivity index is 0.00000156. The van der Waals surface area contributed by atoms with Gasteiger partial charge in [0, 0.05) is 11.1 Å². The summed E-state index contributed by atoms with van der Waals surface area (Å²) in [6.45, 7) is 0. The number of benzene rings is 4. The molecule has 0 bridgehead atoms. The van der Waals surface area contributed by atoms with Crippen LogP contribution in [0.25, 0.3) is 27.0 Å². The standard InChI is InChI=1S/C20H15N2.Na/c1-3-11-17-15(7-1)9-5-13-19(17)21-22-20-14-6-10-16-8-2-4-12-18(16)20;/h1-14,21H;/q-1;+1. The average molecular weight is 306 g/mol. The van der Waals surface area contributed by atoms with Gasteiger partial charge in [-0.3, -0.25) is 0 Å². The maximum atomic E-state index is 4.60. The van der Waals surface area contributed by atoms with Crippen LogP contribution in [-0.4, -0.2) is 0 Å². The van der Waals surface area contributed by atoms with Crippen molar-refractivity contribution in [3.8, 4) is 0 Å². The molecule has 0 aliphatic heterocycles. The molecule has 2 nitrogen and oxygen atoms in total. The molecule has 0 aliphatic carbocycles. The Bertz CT molecular complexity index is 860. The molecular formula is C20H15N2Na. The van der Waals surface area contributed by atoms with Gasteiger partial charge < -0.3 is 10.9 Å². The van der Waals surface area contributed by atoms with E-state index in [0.717, 1.165) is 16.8 Å². The minimum absolute atomic E-state index is 0. The van der Waals surface area contributed by atoms with E-state index in [9.17, 15) is 0 Å². The van der Waals surface area contributed by atoms with E-state index in [1.54, 1.807) is 0 Å². The molecule has 0 radical (unpaired) electrons. The van der Waals surface area contributed by atoms with Crippen LogP contribution in [0.4, 0.5) is 11.4 Å². The van der Waals surface area contributed by atoms with Crippen molar-refractivity contribution in [2.45, 2.75) is 0 Å². The van der Waals surface area contributed by atoms with E-state index < -0.39 is 0 Å². The number of nitrogens with zero attached hydrogens (tertiary/aromatic N) is 1. The second-order valence-corrected chi connectivity index (χ2v) is 5.25. The van der Waals surface area contributed by atoms with E-state index in [1.807, 2.05) is 42.5 Å². The summed E-state index contributed by atoms with van der Waals surface area (Å²) in [4.78, 5) is 0. The van der Waals surface area contributed by atoms with E-state index in [0.29, 0.717) is 0 Å². The van der Waals surface area contributed by atoms with E-state index in [2.05, 4.69) is 53.3 Å². The molecule has 0 saturated heterocycles. The molecular weight excluding hydrogens is 291 g/mol. The molecule has 0 spiro atoms. The maximum absolute atomic E-state index is 4.60. The van der Waals surface area contributed by atoms with E-state index in [4.69, 9.17) is 0 Å². The van der Waals surface area contributed by atoms with Crippen LogP contribution in [0.2, 0.25) is 0 Å². The number of rotatable bonds is 3. The van der Waals surface area contributed by atoms with Gasteiger partial charge in [-0.1, -0.05) is 78.9 Å². The van der Waals surface area contributed by atoms with Crippen LogP contribution in [0.3, 0.4) is 0 Å². The molecule has 0 aliphatic rings. The van der Waals surface area contributed by atoms with Crippen LogP contribution in [-0.2, 0) is 0 Å². The molecule has 1 N–H and O–H groups in total. The summed E-state index contributed by atoms with van der Waals surface area (Å²) < 4.78 is 0. The fourth-order valence-corrected chi connectivity index (χ4v) is 2.75. The quantitative estimate of drug-likeness (QED) is 0.457. The average Bonchev–Trinajstić information content (AvgIpc) is 2.60. The normalized spacial score (nSPS) is 10.3. The van der Waals surface area contributed by atoms with Gasteiger partial charge in [0.05, 0.1) is 0 Å². The minimum atomic E-state index is 0. The first-order chi connectivity index (χ1) is 10.9. The Kier molecular flexibility index (Phi) is 4.87. The SMILES string of the molecule is [Na+].c1ccc2c([N-]Nc3cccc4ccccc34)cccc2c1. The topological polar surface area (TPSA) is 26.1 Å². The molecule has 0 heterocycles. The van der Waals surface area contributed by atoms with Crippen LogP contribution < -0.4 is 35.0 Å². The zero-order valence-electron chi connectivity index (χ0n) is 13.0. The molecule has 0 aromatic heterocycles. The van der Waals surface area contributed by atoms with Crippen LogP contribution >= 0.6 is 0 Å². The molecule has 4 rings (SSSR count). The van der Waals surface area contributed by atoms with Crippen molar-refractivity contribution in [1.82, 2.24) is 0 Å². The van der Waals surface area contributed by atoms with E-state index in [-0.39, 0.29) is 29.6 Å². The zero-order valence-corrected chi connectivity index (χ0v) is 15.0. The van der Waals surface area contributed by atoms with Crippen LogP contribution in [0.1, 0.15) is 0 Å². The molecule has 0 unspecified atom stereocenters. The van der Waals surface area contributed by atoms with Gasteiger partial charge in [0.25, 0.3) is 0 Å². The van der Waals surface area contributed by atoms with E-state index >= 15 is 0 Å². The summed E-state index contributed by atoms with van der Waals surface area (Å²) in [5.74, 6) is 0. The molecule has 0 amide bonds. The van der Waals surface area contributed by atoms with Gasteiger partial charge in [-0.05, 0) is 22.2 Å². The van der Waals surface area contributed by atoms with Crippen molar-refractivity contribution < 1.29 is 29.6 Å². The van der Waals surface area contributed by atoms with Gasteiger partial charge in [-0.2, -0.15) is 0 Å². The Morgan fingerprint density at radius 3 is 1.91 bits per heavy atom. The molecule has 106 valence electrons. The summed E-state index contributed by atoms with van der Waals surface area (Å²) in [6, 6.07) is 29.0. The van der Waals surface area contributed by atoms with Crippen molar-refractivity contribution in [2.24, 2.45) is 0 Å². The first kappa shape index (κ1) is 15.9. The number of fused-ring (bicyclic) bond motifs is 2. The maximum Gasteiger partial charge on any atom is 1.00 e. The molecule has 0 saturated carbocycles. The van der Waals surface area contributed by atoms with Gasteiger partial charge in [0.2, 0.25) is 0 Å². The Morgan fingerprint density at radius 2 is 1.13 bits per heavy atom. The summed E-state index contributed by atoms with van der Waals surface area (Å²) in [5.41, 5.74) is 9.80. The van der Waals surface area contributed by atoms with Gasteiger partial charge in [-0.25, -0.2) is 0 Å². The Morgan fingerprint density at radius 1 is 0.565 bits per heavy atom. The van der Waals surface area contributed by atoms with E-state index in [1.165, 1.54) is 16.2 Å². The van der Waals surface area contributed by atoms with Crippen molar-refractivity contribution in [2.75, 3.05) is 5.43 Å². The Hall–Kier alpha value is -2.00. The molecule has 3 heteroatoms. The monoisotopic (exact) mass is 306 g/mol. The number of hydrogen-bond donors (Lipinski definition) is 1. The molecule has 0 atom stereocenters. The predicted octanol–water partition coefficient (Wildman–Crippen LogP) is 3.03. The molecule has 4 aromatic rings. The van der Waals surface area contributed by atoms with Gasteiger partial charge in [0.15, 0.2) is 0 Å². The number of nitrogens with one attached hydrogen (secondary N) is 1. The minimum Gasteiger partial charge on any atom is -0.597 e.